The monoisotopic (exact) mass is 485 g/mol. The second-order valence-electron chi connectivity index (χ2n) is 9.97. The number of aryl methyl sites for hydroxylation is 1. The minimum Gasteiger partial charge on any atom is -0.299 e. The van der Waals surface area contributed by atoms with Crippen molar-refractivity contribution < 1.29 is 0 Å². The summed E-state index contributed by atoms with van der Waals surface area (Å²) in [6, 6.07) is 10.4. The number of H-pyrrole nitrogens is 1. The molecule has 0 atom stereocenters. The fourth-order valence-electron chi connectivity index (χ4n) is 5.37. The molecule has 1 aliphatic carbocycles. The third kappa shape index (κ3) is 5.48. The van der Waals surface area contributed by atoms with Gasteiger partial charge in [0.1, 0.15) is 0 Å². The lowest BCUT2D eigenvalue weighted by atomic mass is 9.89. The van der Waals surface area contributed by atoms with Crippen LogP contribution in [0.15, 0.2) is 53.7 Å². The summed E-state index contributed by atoms with van der Waals surface area (Å²) < 4.78 is 3.98. The highest BCUT2D eigenvalue weighted by atomic mass is 16.1. The largest absolute Gasteiger partial charge is 0.328 e. The van der Waals surface area contributed by atoms with Crippen LogP contribution in [0.3, 0.4) is 0 Å². The molecule has 0 bridgehead atoms. The Bertz CT molecular complexity index is 1300. The average Bonchev–Trinajstić information content (AvgIpc) is 3.55. The Kier molecular flexibility index (Phi) is 7.69. The zero-order chi connectivity index (χ0) is 24.7. The summed E-state index contributed by atoms with van der Waals surface area (Å²) >= 11 is 0. The molecule has 0 saturated heterocycles. The average molecular weight is 486 g/mol. The Balaban J connectivity index is 1.38. The second kappa shape index (κ2) is 11.5. The highest BCUT2D eigenvalue weighted by Gasteiger charge is 2.18. The van der Waals surface area contributed by atoms with Crippen LogP contribution in [0.2, 0.25) is 0 Å². The molecule has 188 valence electrons. The first kappa shape index (κ1) is 24.2. The Morgan fingerprint density at radius 2 is 1.86 bits per heavy atom. The van der Waals surface area contributed by atoms with Gasteiger partial charge in [-0.15, -0.1) is 5.10 Å². The van der Waals surface area contributed by atoms with E-state index in [4.69, 9.17) is 0 Å². The number of rotatable bonds is 10. The molecule has 3 aromatic heterocycles. The number of benzene rings is 1. The third-order valence-electron chi connectivity index (χ3n) is 7.37. The number of unbranched alkanes of at least 4 members (excludes halogenated alkanes) is 2. The number of hydrogen-bond donors (Lipinski definition) is 1. The van der Waals surface area contributed by atoms with Gasteiger partial charge < -0.3 is 0 Å². The molecule has 0 unspecified atom stereocenters. The molecule has 8 nitrogen and oxygen atoms in total. The highest BCUT2D eigenvalue weighted by molar-refractivity contribution is 5.79. The van der Waals surface area contributed by atoms with E-state index in [0.717, 1.165) is 47.3 Å². The maximum absolute atomic E-state index is 13.5. The van der Waals surface area contributed by atoms with Crippen LogP contribution in [0.25, 0.3) is 22.5 Å². The summed E-state index contributed by atoms with van der Waals surface area (Å²) in [5, 5.41) is 14.2. The predicted molar refractivity (Wildman–Crippen MR) is 140 cm³/mol. The van der Waals surface area contributed by atoms with E-state index in [2.05, 4.69) is 63.0 Å². The Morgan fingerprint density at radius 3 is 2.61 bits per heavy atom. The van der Waals surface area contributed by atoms with E-state index in [1.54, 1.807) is 12.4 Å². The molecule has 1 aromatic carbocycles. The van der Waals surface area contributed by atoms with Crippen molar-refractivity contribution in [2.45, 2.75) is 77.8 Å². The minimum absolute atomic E-state index is 0.130. The van der Waals surface area contributed by atoms with Gasteiger partial charge in [-0.25, -0.2) is 9.89 Å². The van der Waals surface area contributed by atoms with Crippen LogP contribution in [-0.2, 0) is 19.5 Å². The fourth-order valence-corrected chi connectivity index (χ4v) is 5.37. The number of tetrazole rings is 1. The number of aromatic amines is 1. The molecule has 0 amide bonds. The maximum Gasteiger partial charge on any atom is 0.328 e. The van der Waals surface area contributed by atoms with Crippen LogP contribution < -0.4 is 5.69 Å². The topological polar surface area (TPSA) is 94.3 Å². The highest BCUT2D eigenvalue weighted by Crippen LogP contribution is 2.29. The van der Waals surface area contributed by atoms with E-state index in [0.29, 0.717) is 18.3 Å². The molecule has 0 radical (unpaired) electrons. The quantitative estimate of drug-likeness (QED) is 0.310. The van der Waals surface area contributed by atoms with Crippen LogP contribution in [-0.4, -0.2) is 34.7 Å². The standard InChI is InChI=1S/C28H35N7O/c1-2-3-5-10-24-20-34(18-21-8-6-4-7-9-21)28(36)35(24)19-22-11-13-23(14-12-22)25-15-16-29-17-26(25)27-30-32-33-31-27/h11-17,20-21H,2-10,18-19H2,1H3,(H,30,31,32,33). The van der Waals surface area contributed by atoms with Crippen molar-refractivity contribution in [3.63, 3.8) is 0 Å². The van der Waals surface area contributed by atoms with Crippen molar-refractivity contribution in [2.75, 3.05) is 0 Å². The fraction of sp³-hybridized carbons (Fsp3) is 0.464. The minimum atomic E-state index is 0.130. The van der Waals surface area contributed by atoms with Gasteiger partial charge in [0.25, 0.3) is 0 Å². The molecular weight excluding hydrogens is 450 g/mol. The van der Waals surface area contributed by atoms with Gasteiger partial charge in [0.05, 0.1) is 6.54 Å². The van der Waals surface area contributed by atoms with Gasteiger partial charge >= 0.3 is 5.69 Å². The molecule has 3 heterocycles. The second-order valence-corrected chi connectivity index (χ2v) is 9.97. The van der Waals surface area contributed by atoms with E-state index >= 15 is 0 Å². The molecule has 0 aliphatic heterocycles. The van der Waals surface area contributed by atoms with E-state index < -0.39 is 0 Å². The number of nitrogens with one attached hydrogen (secondary N) is 1. The van der Waals surface area contributed by atoms with Crippen molar-refractivity contribution in [1.29, 1.82) is 0 Å². The summed E-state index contributed by atoms with van der Waals surface area (Å²) in [4.78, 5) is 17.7. The first-order valence-electron chi connectivity index (χ1n) is 13.3. The molecular formula is C28H35N7O. The predicted octanol–water partition coefficient (Wildman–Crippen LogP) is 5.25. The zero-order valence-electron chi connectivity index (χ0n) is 21.1. The van der Waals surface area contributed by atoms with Crippen LogP contribution in [0.5, 0.6) is 0 Å². The first-order chi connectivity index (χ1) is 17.7. The van der Waals surface area contributed by atoms with Crippen LogP contribution in [0.4, 0.5) is 0 Å². The summed E-state index contributed by atoms with van der Waals surface area (Å²) in [5.74, 6) is 1.22. The number of hydrogen-bond acceptors (Lipinski definition) is 5. The van der Waals surface area contributed by atoms with Gasteiger partial charge in [0, 0.05) is 36.4 Å². The van der Waals surface area contributed by atoms with Crippen LogP contribution >= 0.6 is 0 Å². The molecule has 36 heavy (non-hydrogen) atoms. The number of nitrogens with zero attached hydrogens (tertiary/aromatic N) is 6. The zero-order valence-corrected chi connectivity index (χ0v) is 21.1. The van der Waals surface area contributed by atoms with Gasteiger partial charge in [0.15, 0.2) is 5.82 Å². The van der Waals surface area contributed by atoms with Gasteiger partial charge in [-0.3, -0.25) is 14.1 Å². The molecule has 5 rings (SSSR count). The Hall–Kier alpha value is -3.55. The van der Waals surface area contributed by atoms with Crippen LogP contribution in [0.1, 0.15) is 69.5 Å². The van der Waals surface area contributed by atoms with Gasteiger partial charge in [0.2, 0.25) is 0 Å². The maximum atomic E-state index is 13.5. The Labute approximate surface area is 211 Å². The van der Waals surface area contributed by atoms with E-state index in [1.807, 2.05) is 15.2 Å². The summed E-state index contributed by atoms with van der Waals surface area (Å²) in [5.41, 5.74) is 5.31. The van der Waals surface area contributed by atoms with Gasteiger partial charge in [-0.1, -0.05) is 63.3 Å². The number of pyridine rings is 1. The lowest BCUT2D eigenvalue weighted by Crippen LogP contribution is -2.28. The third-order valence-corrected chi connectivity index (χ3v) is 7.37. The van der Waals surface area contributed by atoms with Crippen molar-refractivity contribution in [2.24, 2.45) is 5.92 Å². The summed E-state index contributed by atoms with van der Waals surface area (Å²) in [6.07, 6.45) is 16.5. The molecule has 0 spiro atoms. The lowest BCUT2D eigenvalue weighted by Gasteiger charge is -2.21. The normalized spacial score (nSPS) is 14.4. The molecule has 4 aromatic rings. The molecule has 1 fully saturated rings. The Morgan fingerprint density at radius 1 is 1.03 bits per heavy atom. The SMILES string of the molecule is CCCCCc1cn(CC2CCCCC2)c(=O)n1Cc1ccc(-c2ccncc2-c2nnn[nH]2)cc1. The number of imidazole rings is 1. The van der Waals surface area contributed by atoms with Crippen molar-refractivity contribution in [1.82, 2.24) is 34.7 Å². The van der Waals surface area contributed by atoms with E-state index in [-0.39, 0.29) is 5.69 Å². The van der Waals surface area contributed by atoms with Gasteiger partial charge in [-0.2, -0.15) is 0 Å². The molecule has 1 N–H and O–H groups in total. The van der Waals surface area contributed by atoms with Crippen LogP contribution in [0, 0.1) is 5.92 Å². The smallest absolute Gasteiger partial charge is 0.299 e. The van der Waals surface area contributed by atoms with E-state index in [9.17, 15) is 4.79 Å². The number of aromatic nitrogens is 7. The van der Waals surface area contributed by atoms with Crippen molar-refractivity contribution >= 4 is 0 Å². The van der Waals surface area contributed by atoms with Crippen molar-refractivity contribution in [3.8, 4) is 22.5 Å². The summed E-state index contributed by atoms with van der Waals surface area (Å²) in [6.45, 7) is 3.66. The van der Waals surface area contributed by atoms with E-state index in [1.165, 1.54) is 44.9 Å². The van der Waals surface area contributed by atoms with Crippen molar-refractivity contribution in [3.05, 3.63) is 70.7 Å². The molecule has 8 heteroatoms. The summed E-state index contributed by atoms with van der Waals surface area (Å²) in [7, 11) is 0. The first-order valence-corrected chi connectivity index (χ1v) is 13.3. The molecule has 1 aliphatic rings. The lowest BCUT2D eigenvalue weighted by molar-refractivity contribution is 0.315. The molecule has 1 saturated carbocycles. The van der Waals surface area contributed by atoms with Gasteiger partial charge in [-0.05, 0) is 64.8 Å².